The van der Waals surface area contributed by atoms with Gasteiger partial charge in [0.05, 0.1) is 12.6 Å². The molecule has 32 heavy (non-hydrogen) atoms. The Morgan fingerprint density at radius 3 is 2.06 bits per heavy atom. The highest BCUT2D eigenvalue weighted by Crippen LogP contribution is 2.36. The van der Waals surface area contributed by atoms with E-state index in [4.69, 9.17) is 4.74 Å². The number of hydrazine groups is 1. The van der Waals surface area contributed by atoms with Gasteiger partial charge in [0.1, 0.15) is 0 Å². The van der Waals surface area contributed by atoms with Gasteiger partial charge in [0.25, 0.3) is 0 Å². The van der Waals surface area contributed by atoms with Crippen LogP contribution in [0.15, 0.2) is 60.7 Å². The maximum atomic E-state index is 13.5. The number of carbonyl (C=O) groups excluding carboxylic acids is 3. The summed E-state index contributed by atoms with van der Waals surface area (Å²) in [6.07, 6.45) is 1.48. The second-order valence-electron chi connectivity index (χ2n) is 8.63. The Balaban J connectivity index is 1.59. The van der Waals surface area contributed by atoms with E-state index >= 15 is 0 Å². The number of hydrogen-bond acceptors (Lipinski definition) is 6. The molecule has 1 amide bonds. The topological polar surface area (TPSA) is 79.0 Å². The molecule has 0 saturated carbocycles. The molecular weight excluding hydrogens is 406 g/mol. The zero-order valence-electron chi connectivity index (χ0n) is 17.9. The van der Waals surface area contributed by atoms with Crippen molar-refractivity contribution in [3.63, 3.8) is 0 Å². The molecule has 2 aromatic rings. The van der Waals surface area contributed by atoms with Gasteiger partial charge < -0.3 is 9.64 Å². The molecule has 7 nitrogen and oxygen atoms in total. The van der Waals surface area contributed by atoms with Gasteiger partial charge in [0.2, 0.25) is 17.5 Å². The molecule has 0 bridgehead atoms. The fourth-order valence-electron chi connectivity index (χ4n) is 5.25. The number of piperazine rings is 1. The standard InChI is InChI=1S/C25H27N3O4/c29-21-15-26-28-20(22(17-7-3-1-4-8-17)18-9-5-2-6-10-18)16-27(19-11-13-32-14-12-19)25(31)23(28)24(21)30/h1-10,19-20,22-23,26H,11-16H2. The lowest BCUT2D eigenvalue weighted by atomic mass is 9.81. The Hall–Kier alpha value is -2.87. The van der Waals surface area contributed by atoms with Gasteiger partial charge in [0, 0.05) is 31.7 Å². The maximum absolute atomic E-state index is 13.5. The van der Waals surface area contributed by atoms with Gasteiger partial charge >= 0.3 is 0 Å². The minimum absolute atomic E-state index is 0.0120. The Kier molecular flexibility index (Phi) is 5.87. The molecule has 3 aliphatic heterocycles. The molecule has 2 unspecified atom stereocenters. The third kappa shape index (κ3) is 3.77. The van der Waals surface area contributed by atoms with Gasteiger partial charge in [-0.15, -0.1) is 0 Å². The summed E-state index contributed by atoms with van der Waals surface area (Å²) in [5.41, 5.74) is 5.33. The van der Waals surface area contributed by atoms with Crippen LogP contribution in [0.2, 0.25) is 0 Å². The lowest BCUT2D eigenvalue weighted by molar-refractivity contribution is -0.166. The van der Waals surface area contributed by atoms with Crippen LogP contribution < -0.4 is 5.43 Å². The zero-order chi connectivity index (χ0) is 22.1. The Labute approximate surface area is 187 Å². The molecular formula is C25H27N3O4. The number of ether oxygens (including phenoxy) is 1. The second-order valence-corrected chi connectivity index (χ2v) is 8.63. The smallest absolute Gasteiger partial charge is 0.249 e. The van der Waals surface area contributed by atoms with Crippen molar-refractivity contribution in [1.29, 1.82) is 0 Å². The molecule has 3 aliphatic rings. The molecule has 2 atom stereocenters. The zero-order valence-corrected chi connectivity index (χ0v) is 17.9. The van der Waals surface area contributed by atoms with E-state index in [0.29, 0.717) is 19.8 Å². The predicted octanol–water partition coefficient (Wildman–Crippen LogP) is 1.54. The largest absolute Gasteiger partial charge is 0.381 e. The van der Waals surface area contributed by atoms with Crippen LogP contribution >= 0.6 is 0 Å². The second kappa shape index (κ2) is 8.94. The third-order valence-corrected chi connectivity index (χ3v) is 6.82. The first-order valence-corrected chi connectivity index (χ1v) is 11.2. The number of ketones is 2. The van der Waals surface area contributed by atoms with Crippen LogP contribution in [0.5, 0.6) is 0 Å². The van der Waals surface area contributed by atoms with E-state index in [1.54, 1.807) is 5.01 Å². The molecule has 2 aromatic carbocycles. The Morgan fingerprint density at radius 2 is 1.47 bits per heavy atom. The molecule has 0 aliphatic carbocycles. The van der Waals surface area contributed by atoms with Crippen molar-refractivity contribution in [2.24, 2.45) is 0 Å². The van der Waals surface area contributed by atoms with Crippen molar-refractivity contribution >= 4 is 17.5 Å². The summed E-state index contributed by atoms with van der Waals surface area (Å²) in [6, 6.07) is 19.0. The van der Waals surface area contributed by atoms with Crippen molar-refractivity contribution < 1.29 is 19.1 Å². The minimum Gasteiger partial charge on any atom is -0.381 e. The molecule has 0 spiro atoms. The van der Waals surface area contributed by atoms with Crippen molar-refractivity contribution in [2.45, 2.75) is 36.9 Å². The van der Waals surface area contributed by atoms with Crippen LogP contribution in [0.1, 0.15) is 29.9 Å². The van der Waals surface area contributed by atoms with Crippen molar-refractivity contribution in [1.82, 2.24) is 15.3 Å². The van der Waals surface area contributed by atoms with E-state index in [-0.39, 0.29) is 30.5 Å². The van der Waals surface area contributed by atoms with Gasteiger partial charge in [-0.1, -0.05) is 60.7 Å². The van der Waals surface area contributed by atoms with Crippen molar-refractivity contribution in [3.8, 4) is 0 Å². The minimum atomic E-state index is -1.12. The molecule has 0 aromatic heterocycles. The predicted molar refractivity (Wildman–Crippen MR) is 118 cm³/mol. The number of hydrogen-bond donors (Lipinski definition) is 1. The summed E-state index contributed by atoms with van der Waals surface area (Å²) in [4.78, 5) is 40.5. The maximum Gasteiger partial charge on any atom is 0.249 e. The molecule has 166 valence electrons. The van der Waals surface area contributed by atoms with Crippen LogP contribution in [0, 0.1) is 0 Å². The monoisotopic (exact) mass is 433 g/mol. The van der Waals surface area contributed by atoms with Crippen LogP contribution in [0.25, 0.3) is 0 Å². The SMILES string of the molecule is O=C1CNN2C(C1=O)C(=O)N(C1CCOCC1)CC2C(c1ccccc1)c1ccccc1. The summed E-state index contributed by atoms with van der Waals surface area (Å²) >= 11 is 0. The van der Waals surface area contributed by atoms with E-state index in [1.807, 2.05) is 41.3 Å². The Bertz CT molecular complexity index is 951. The number of carbonyl (C=O) groups is 3. The van der Waals surface area contributed by atoms with Gasteiger partial charge in [0.15, 0.2) is 6.04 Å². The molecule has 7 heteroatoms. The number of benzene rings is 2. The summed E-state index contributed by atoms with van der Waals surface area (Å²) in [5, 5.41) is 1.76. The molecule has 3 heterocycles. The van der Waals surface area contributed by atoms with Crippen LogP contribution in [-0.4, -0.2) is 71.8 Å². The summed E-state index contributed by atoms with van der Waals surface area (Å²) in [6.45, 7) is 1.59. The van der Waals surface area contributed by atoms with E-state index in [1.165, 1.54) is 0 Å². The first kappa shape index (κ1) is 21.0. The van der Waals surface area contributed by atoms with Crippen LogP contribution in [0.4, 0.5) is 0 Å². The number of nitrogens with zero attached hydrogens (tertiary/aromatic N) is 2. The molecule has 1 N–H and O–H groups in total. The van der Waals surface area contributed by atoms with Crippen LogP contribution in [0.3, 0.4) is 0 Å². The molecule has 5 rings (SSSR count). The lowest BCUT2D eigenvalue weighted by Crippen LogP contribution is -2.74. The molecule has 0 radical (unpaired) electrons. The average molecular weight is 434 g/mol. The first-order chi connectivity index (χ1) is 15.6. The van der Waals surface area contributed by atoms with Crippen molar-refractivity contribution in [2.75, 3.05) is 26.3 Å². The highest BCUT2D eigenvalue weighted by Gasteiger charge is 2.52. The van der Waals surface area contributed by atoms with Gasteiger partial charge in [-0.3, -0.25) is 14.4 Å². The summed E-state index contributed by atoms with van der Waals surface area (Å²) in [7, 11) is 0. The number of amides is 1. The molecule has 3 fully saturated rings. The van der Waals surface area contributed by atoms with Gasteiger partial charge in [-0.2, -0.15) is 0 Å². The highest BCUT2D eigenvalue weighted by molar-refractivity contribution is 6.44. The van der Waals surface area contributed by atoms with E-state index in [9.17, 15) is 14.4 Å². The highest BCUT2D eigenvalue weighted by atomic mass is 16.5. The van der Waals surface area contributed by atoms with Crippen LogP contribution in [-0.2, 0) is 19.1 Å². The lowest BCUT2D eigenvalue weighted by Gasteiger charge is -2.51. The van der Waals surface area contributed by atoms with Gasteiger partial charge in [-0.25, -0.2) is 10.4 Å². The quantitative estimate of drug-likeness (QED) is 0.582. The normalized spacial score (nSPS) is 25.3. The summed E-state index contributed by atoms with van der Waals surface area (Å²) in [5.74, 6) is -1.51. The fraction of sp³-hybridized carbons (Fsp3) is 0.400. The fourth-order valence-corrected chi connectivity index (χ4v) is 5.25. The Morgan fingerprint density at radius 1 is 0.875 bits per heavy atom. The number of nitrogens with one attached hydrogen (secondary N) is 1. The van der Waals surface area contributed by atoms with E-state index < -0.39 is 17.6 Å². The number of Topliss-reactive ketones (excluding diaryl/α,β-unsaturated/α-hetero) is 2. The van der Waals surface area contributed by atoms with E-state index in [2.05, 4.69) is 29.7 Å². The number of rotatable bonds is 4. The molecule has 3 saturated heterocycles. The first-order valence-electron chi connectivity index (χ1n) is 11.2. The van der Waals surface area contributed by atoms with Crippen molar-refractivity contribution in [3.05, 3.63) is 71.8 Å². The summed E-state index contributed by atoms with van der Waals surface area (Å²) < 4.78 is 5.50. The average Bonchev–Trinajstić information content (AvgIpc) is 2.84. The number of fused-ring (bicyclic) bond motifs is 1. The van der Waals surface area contributed by atoms with Gasteiger partial charge in [-0.05, 0) is 24.0 Å². The third-order valence-electron chi connectivity index (χ3n) is 6.82. The van der Waals surface area contributed by atoms with E-state index in [0.717, 1.165) is 24.0 Å².